The smallest absolute Gasteiger partial charge is 0.247 e. The third-order valence-electron chi connectivity index (χ3n) is 4.50. The average molecular weight is 441 g/mol. The lowest BCUT2D eigenvalue weighted by Crippen LogP contribution is -2.45. The van der Waals surface area contributed by atoms with Crippen LogP contribution in [0.1, 0.15) is 6.92 Å². The minimum absolute atomic E-state index is 0.358. The van der Waals surface area contributed by atoms with E-state index in [0.29, 0.717) is 28.6 Å². The third-order valence-corrected chi connectivity index (χ3v) is 5.74. The van der Waals surface area contributed by atoms with Gasteiger partial charge in [0.25, 0.3) is 0 Å². The number of carbonyl (C=O) groups is 1. The summed E-state index contributed by atoms with van der Waals surface area (Å²) in [5, 5.41) is 2.73. The molecule has 0 unspecified atom stereocenters. The van der Waals surface area contributed by atoms with Gasteiger partial charge in [-0.2, -0.15) is 0 Å². The predicted octanol–water partition coefficient (Wildman–Crippen LogP) is 4.28. The molecule has 1 atom stereocenters. The Kier molecular flexibility index (Phi) is 6.81. The maximum absolute atomic E-state index is 12.8. The highest BCUT2D eigenvalue weighted by Gasteiger charge is 2.29. The van der Waals surface area contributed by atoms with Crippen molar-refractivity contribution in [3.63, 3.8) is 0 Å². The summed E-state index contributed by atoms with van der Waals surface area (Å²) in [4.78, 5) is 12.8. The van der Waals surface area contributed by atoms with Crippen molar-refractivity contribution < 1.29 is 22.7 Å². The summed E-state index contributed by atoms with van der Waals surface area (Å²) in [5.41, 5.74) is 0.868. The molecule has 0 aliphatic heterocycles. The summed E-state index contributed by atoms with van der Waals surface area (Å²) in [7, 11) is -2.20. The van der Waals surface area contributed by atoms with E-state index in [-0.39, 0.29) is 0 Å². The van der Waals surface area contributed by atoms with Gasteiger partial charge in [-0.15, -0.1) is 0 Å². The van der Waals surface area contributed by atoms with Gasteiger partial charge in [0, 0.05) is 11.8 Å². The normalized spacial score (nSPS) is 12.0. The first-order valence-corrected chi connectivity index (χ1v) is 11.4. The van der Waals surface area contributed by atoms with Crippen LogP contribution in [0.4, 0.5) is 11.4 Å². The number of nitrogens with zero attached hydrogens (tertiary/aromatic N) is 1. The fourth-order valence-electron chi connectivity index (χ4n) is 3.04. The lowest BCUT2D eigenvalue weighted by Gasteiger charge is -2.28. The number of ether oxygens (including phenoxy) is 2. The van der Waals surface area contributed by atoms with Gasteiger partial charge in [0.05, 0.1) is 19.1 Å². The lowest BCUT2D eigenvalue weighted by molar-refractivity contribution is -0.116. The van der Waals surface area contributed by atoms with E-state index in [1.165, 1.54) is 14.0 Å². The van der Waals surface area contributed by atoms with Gasteiger partial charge in [0.2, 0.25) is 15.9 Å². The second-order valence-corrected chi connectivity index (χ2v) is 8.72. The highest BCUT2D eigenvalue weighted by molar-refractivity contribution is 7.92. The molecule has 0 spiro atoms. The largest absolute Gasteiger partial charge is 0.497 e. The predicted molar refractivity (Wildman–Crippen MR) is 121 cm³/mol. The van der Waals surface area contributed by atoms with E-state index in [2.05, 4.69) is 5.32 Å². The first-order valence-electron chi connectivity index (χ1n) is 9.55. The Bertz CT molecular complexity index is 1130. The Balaban J connectivity index is 1.80. The first kappa shape index (κ1) is 22.2. The topological polar surface area (TPSA) is 84.9 Å². The minimum atomic E-state index is -3.73. The monoisotopic (exact) mass is 440 g/mol. The molecule has 3 rings (SSSR count). The number of carbonyl (C=O) groups excluding carboxylic acids is 1. The van der Waals surface area contributed by atoms with E-state index < -0.39 is 22.0 Å². The van der Waals surface area contributed by atoms with Crippen LogP contribution in [0.15, 0.2) is 78.9 Å². The van der Waals surface area contributed by atoms with Crippen LogP contribution in [-0.4, -0.2) is 33.7 Å². The van der Waals surface area contributed by atoms with Crippen molar-refractivity contribution in [2.24, 2.45) is 0 Å². The van der Waals surface area contributed by atoms with Gasteiger partial charge in [-0.25, -0.2) is 8.42 Å². The molecule has 0 saturated carbocycles. The zero-order valence-corrected chi connectivity index (χ0v) is 18.3. The number of rotatable bonds is 8. The van der Waals surface area contributed by atoms with Crippen molar-refractivity contribution in [1.82, 2.24) is 0 Å². The Hall–Kier alpha value is -3.52. The number of hydrogen-bond acceptors (Lipinski definition) is 5. The van der Waals surface area contributed by atoms with E-state index in [0.717, 1.165) is 10.6 Å². The number of para-hydroxylation sites is 1. The molecule has 7 nitrogen and oxygen atoms in total. The van der Waals surface area contributed by atoms with Crippen molar-refractivity contribution in [2.45, 2.75) is 13.0 Å². The highest BCUT2D eigenvalue weighted by Crippen LogP contribution is 2.27. The van der Waals surface area contributed by atoms with Gasteiger partial charge in [-0.1, -0.05) is 24.3 Å². The first-order chi connectivity index (χ1) is 14.8. The van der Waals surface area contributed by atoms with E-state index in [9.17, 15) is 13.2 Å². The number of anilines is 2. The maximum atomic E-state index is 12.8. The molecule has 0 saturated heterocycles. The molecule has 8 heteroatoms. The van der Waals surface area contributed by atoms with Gasteiger partial charge in [0.15, 0.2) is 0 Å². The van der Waals surface area contributed by atoms with Gasteiger partial charge in [-0.3, -0.25) is 9.10 Å². The highest BCUT2D eigenvalue weighted by atomic mass is 32.2. The molecule has 0 aromatic heterocycles. The average Bonchev–Trinajstić information content (AvgIpc) is 2.75. The van der Waals surface area contributed by atoms with Crippen molar-refractivity contribution in [1.29, 1.82) is 0 Å². The van der Waals surface area contributed by atoms with Gasteiger partial charge in [-0.05, 0) is 55.5 Å². The number of sulfonamides is 1. The standard InChI is InChI=1S/C23H24N2O5S/c1-17(23(26)24-18-8-7-11-22(16-18)29-2)25(31(3,27)28)19-12-14-21(15-13-19)30-20-9-5-4-6-10-20/h4-17H,1-3H3,(H,24,26)/t17-/m1/s1. The minimum Gasteiger partial charge on any atom is -0.497 e. The van der Waals surface area contributed by atoms with Crippen LogP contribution in [0.3, 0.4) is 0 Å². The number of nitrogens with one attached hydrogen (secondary N) is 1. The molecule has 0 heterocycles. The molecule has 0 aliphatic carbocycles. The SMILES string of the molecule is COc1cccc(NC(=O)[C@@H](C)N(c2ccc(Oc3ccccc3)cc2)S(C)(=O)=O)c1. The van der Waals surface area contributed by atoms with Crippen molar-refractivity contribution in [2.75, 3.05) is 23.0 Å². The molecule has 0 fully saturated rings. The van der Waals surface area contributed by atoms with E-state index in [4.69, 9.17) is 9.47 Å². The maximum Gasteiger partial charge on any atom is 0.247 e. The summed E-state index contributed by atoms with van der Waals surface area (Å²) in [6.45, 7) is 1.53. The number of amides is 1. The second-order valence-electron chi connectivity index (χ2n) is 6.87. The molecule has 162 valence electrons. The fraction of sp³-hybridized carbons (Fsp3) is 0.174. The molecular formula is C23H24N2O5S. The Morgan fingerprint density at radius 3 is 2.13 bits per heavy atom. The summed E-state index contributed by atoms with van der Waals surface area (Å²) in [6.07, 6.45) is 1.07. The molecule has 0 bridgehead atoms. The number of methoxy groups -OCH3 is 1. The van der Waals surface area contributed by atoms with Gasteiger partial charge >= 0.3 is 0 Å². The van der Waals surface area contributed by atoms with Crippen LogP contribution in [0, 0.1) is 0 Å². The summed E-state index contributed by atoms with van der Waals surface area (Å²) >= 11 is 0. The van der Waals surface area contributed by atoms with E-state index in [1.54, 1.807) is 48.5 Å². The van der Waals surface area contributed by atoms with Crippen molar-refractivity contribution in [3.05, 3.63) is 78.9 Å². The zero-order chi connectivity index (χ0) is 22.4. The molecule has 3 aromatic rings. The Morgan fingerprint density at radius 1 is 0.903 bits per heavy atom. The zero-order valence-electron chi connectivity index (χ0n) is 17.5. The van der Waals surface area contributed by atoms with Gasteiger partial charge < -0.3 is 14.8 Å². The van der Waals surface area contributed by atoms with Crippen LogP contribution in [0.5, 0.6) is 17.2 Å². The number of hydrogen-bond donors (Lipinski definition) is 1. The molecule has 3 aromatic carbocycles. The summed E-state index contributed by atoms with van der Waals surface area (Å²) in [6, 6.07) is 21.6. The van der Waals surface area contributed by atoms with Crippen LogP contribution in [-0.2, 0) is 14.8 Å². The fourth-order valence-corrected chi connectivity index (χ4v) is 4.22. The van der Waals surface area contributed by atoms with E-state index in [1.807, 2.05) is 30.3 Å². The van der Waals surface area contributed by atoms with Crippen LogP contribution in [0.2, 0.25) is 0 Å². The van der Waals surface area contributed by atoms with Gasteiger partial charge in [0.1, 0.15) is 23.3 Å². The second kappa shape index (κ2) is 9.53. The van der Waals surface area contributed by atoms with Crippen molar-refractivity contribution in [3.8, 4) is 17.2 Å². The molecule has 0 aliphatic rings. The molecule has 1 amide bonds. The molecule has 0 radical (unpaired) electrons. The Morgan fingerprint density at radius 2 is 1.52 bits per heavy atom. The van der Waals surface area contributed by atoms with Crippen LogP contribution >= 0.6 is 0 Å². The lowest BCUT2D eigenvalue weighted by atomic mass is 10.2. The quantitative estimate of drug-likeness (QED) is 0.565. The Labute approximate surface area is 182 Å². The van der Waals surface area contributed by atoms with Crippen LogP contribution in [0.25, 0.3) is 0 Å². The van der Waals surface area contributed by atoms with E-state index >= 15 is 0 Å². The third kappa shape index (κ3) is 5.76. The molecule has 31 heavy (non-hydrogen) atoms. The molecule has 1 N–H and O–H groups in total. The summed E-state index contributed by atoms with van der Waals surface area (Å²) < 4.78 is 37.0. The number of benzene rings is 3. The molecular weight excluding hydrogens is 416 g/mol. The summed E-state index contributed by atoms with van der Waals surface area (Å²) in [5.74, 6) is 1.33. The van der Waals surface area contributed by atoms with Crippen LogP contribution < -0.4 is 19.1 Å². The van der Waals surface area contributed by atoms with Crippen molar-refractivity contribution >= 4 is 27.3 Å².